The Morgan fingerprint density at radius 3 is 2.48 bits per heavy atom. The second kappa shape index (κ2) is 7.23. The van der Waals surface area contributed by atoms with E-state index in [1.807, 2.05) is 50.2 Å². The van der Waals surface area contributed by atoms with Crippen LogP contribution in [0.1, 0.15) is 18.1 Å². The minimum atomic E-state index is 0.679. The highest BCUT2D eigenvalue weighted by Crippen LogP contribution is 2.31. The molecule has 0 aromatic heterocycles. The molecule has 0 fully saturated rings. The van der Waals surface area contributed by atoms with Gasteiger partial charge in [0.05, 0.1) is 19.4 Å². The first kappa shape index (κ1) is 15.5. The molecule has 0 aliphatic heterocycles. The maximum Gasteiger partial charge on any atom is 0.143 e. The molecule has 0 aliphatic rings. The zero-order chi connectivity index (χ0) is 15.2. The SMILES string of the molecule is CCOc1ccc(CNc2cc(C)c(Cl)cc2OC)cc1. The molecule has 0 radical (unpaired) electrons. The fourth-order valence-electron chi connectivity index (χ4n) is 2.04. The van der Waals surface area contributed by atoms with Crippen LogP contribution in [0.4, 0.5) is 5.69 Å². The van der Waals surface area contributed by atoms with Crippen molar-refractivity contribution in [2.24, 2.45) is 0 Å². The summed E-state index contributed by atoms with van der Waals surface area (Å²) in [6.45, 7) is 5.34. The van der Waals surface area contributed by atoms with Gasteiger partial charge in [-0.3, -0.25) is 0 Å². The number of ether oxygens (including phenoxy) is 2. The van der Waals surface area contributed by atoms with Crippen molar-refractivity contribution < 1.29 is 9.47 Å². The number of anilines is 1. The number of hydrogen-bond donors (Lipinski definition) is 1. The Balaban J connectivity index is 2.07. The highest BCUT2D eigenvalue weighted by atomic mass is 35.5. The van der Waals surface area contributed by atoms with Crippen molar-refractivity contribution in [2.75, 3.05) is 19.0 Å². The van der Waals surface area contributed by atoms with Crippen LogP contribution in [0.2, 0.25) is 5.02 Å². The largest absolute Gasteiger partial charge is 0.495 e. The van der Waals surface area contributed by atoms with Gasteiger partial charge in [0, 0.05) is 17.6 Å². The number of nitrogens with one attached hydrogen (secondary N) is 1. The zero-order valence-corrected chi connectivity index (χ0v) is 13.3. The van der Waals surface area contributed by atoms with E-state index in [9.17, 15) is 0 Å². The Morgan fingerprint density at radius 2 is 1.86 bits per heavy atom. The van der Waals surface area contributed by atoms with E-state index in [0.29, 0.717) is 18.2 Å². The third-order valence-corrected chi connectivity index (χ3v) is 3.61. The number of methoxy groups -OCH3 is 1. The lowest BCUT2D eigenvalue weighted by Gasteiger charge is -2.13. The maximum atomic E-state index is 6.11. The van der Waals surface area contributed by atoms with Crippen LogP contribution in [0.5, 0.6) is 11.5 Å². The lowest BCUT2D eigenvalue weighted by atomic mass is 10.1. The monoisotopic (exact) mass is 305 g/mol. The summed E-state index contributed by atoms with van der Waals surface area (Å²) in [5, 5.41) is 4.08. The molecule has 1 N–H and O–H groups in total. The quantitative estimate of drug-likeness (QED) is 0.841. The molecule has 3 nitrogen and oxygen atoms in total. The molecule has 0 saturated carbocycles. The molecule has 0 spiro atoms. The molecule has 0 aliphatic carbocycles. The van der Waals surface area contributed by atoms with E-state index in [0.717, 1.165) is 22.7 Å². The van der Waals surface area contributed by atoms with Gasteiger partial charge in [-0.05, 0) is 43.2 Å². The summed E-state index contributed by atoms with van der Waals surface area (Å²) in [6, 6.07) is 11.9. The second-order valence-corrected chi connectivity index (χ2v) is 5.14. The first-order chi connectivity index (χ1) is 10.1. The molecular weight excluding hydrogens is 286 g/mol. The maximum absolute atomic E-state index is 6.11. The van der Waals surface area contributed by atoms with Crippen LogP contribution in [-0.4, -0.2) is 13.7 Å². The van der Waals surface area contributed by atoms with Gasteiger partial charge in [-0.15, -0.1) is 0 Å². The number of rotatable bonds is 6. The molecule has 21 heavy (non-hydrogen) atoms. The molecular formula is C17H20ClNO2. The Morgan fingerprint density at radius 1 is 1.14 bits per heavy atom. The van der Waals surface area contributed by atoms with Crippen LogP contribution in [0.15, 0.2) is 36.4 Å². The van der Waals surface area contributed by atoms with Gasteiger partial charge in [0.1, 0.15) is 11.5 Å². The van der Waals surface area contributed by atoms with Crippen molar-refractivity contribution in [2.45, 2.75) is 20.4 Å². The van der Waals surface area contributed by atoms with Gasteiger partial charge in [0.2, 0.25) is 0 Å². The number of benzene rings is 2. The summed E-state index contributed by atoms with van der Waals surface area (Å²) in [5.74, 6) is 1.64. The average Bonchev–Trinajstić information content (AvgIpc) is 2.49. The van der Waals surface area contributed by atoms with Crippen molar-refractivity contribution in [3.63, 3.8) is 0 Å². The predicted molar refractivity (Wildman–Crippen MR) is 87.7 cm³/mol. The van der Waals surface area contributed by atoms with Crippen LogP contribution in [0.3, 0.4) is 0 Å². The molecule has 4 heteroatoms. The van der Waals surface area contributed by atoms with Gasteiger partial charge >= 0.3 is 0 Å². The second-order valence-electron chi connectivity index (χ2n) is 4.73. The number of hydrogen-bond acceptors (Lipinski definition) is 3. The first-order valence-electron chi connectivity index (χ1n) is 6.93. The van der Waals surface area contributed by atoms with E-state index in [-0.39, 0.29) is 0 Å². The van der Waals surface area contributed by atoms with Crippen molar-refractivity contribution in [3.05, 3.63) is 52.5 Å². The Labute approximate surface area is 130 Å². The molecule has 0 unspecified atom stereocenters. The third kappa shape index (κ3) is 4.05. The number of halogens is 1. The Hall–Kier alpha value is -1.87. The normalized spacial score (nSPS) is 10.3. The summed E-state index contributed by atoms with van der Waals surface area (Å²) in [4.78, 5) is 0. The Kier molecular flexibility index (Phi) is 5.34. The van der Waals surface area contributed by atoms with E-state index < -0.39 is 0 Å². The smallest absolute Gasteiger partial charge is 0.143 e. The summed E-state index contributed by atoms with van der Waals surface area (Å²) in [5.41, 5.74) is 3.13. The van der Waals surface area contributed by atoms with Gasteiger partial charge in [-0.2, -0.15) is 0 Å². The minimum Gasteiger partial charge on any atom is -0.495 e. The van der Waals surface area contributed by atoms with Crippen LogP contribution in [0.25, 0.3) is 0 Å². The van der Waals surface area contributed by atoms with Gasteiger partial charge in [-0.25, -0.2) is 0 Å². The van der Waals surface area contributed by atoms with Crippen molar-refractivity contribution in [1.29, 1.82) is 0 Å². The fraction of sp³-hybridized carbons (Fsp3) is 0.294. The lowest BCUT2D eigenvalue weighted by Crippen LogP contribution is -2.02. The molecule has 0 saturated heterocycles. The van der Waals surface area contributed by atoms with Crippen molar-refractivity contribution in [1.82, 2.24) is 0 Å². The molecule has 0 atom stereocenters. The van der Waals surface area contributed by atoms with Gasteiger partial charge in [0.25, 0.3) is 0 Å². The highest BCUT2D eigenvalue weighted by Gasteiger charge is 2.06. The standard InChI is InChI=1S/C17H20ClNO2/c1-4-21-14-7-5-13(6-8-14)11-19-16-9-12(2)15(18)10-17(16)20-3/h5-10,19H,4,11H2,1-3H3. The molecule has 112 valence electrons. The van der Waals surface area contributed by atoms with Gasteiger partial charge < -0.3 is 14.8 Å². The molecule has 0 amide bonds. The van der Waals surface area contributed by atoms with Crippen molar-refractivity contribution >= 4 is 17.3 Å². The number of aryl methyl sites for hydroxylation is 1. The predicted octanol–water partition coefficient (Wildman–Crippen LogP) is 4.67. The van der Waals surface area contributed by atoms with Gasteiger partial charge in [0.15, 0.2) is 0 Å². The van der Waals surface area contributed by atoms with Crippen LogP contribution < -0.4 is 14.8 Å². The van der Waals surface area contributed by atoms with E-state index in [4.69, 9.17) is 21.1 Å². The van der Waals surface area contributed by atoms with Crippen LogP contribution in [-0.2, 0) is 6.54 Å². The van der Waals surface area contributed by atoms with E-state index in [1.54, 1.807) is 7.11 Å². The molecule has 2 aromatic rings. The summed E-state index contributed by atoms with van der Waals surface area (Å²) in [6.07, 6.45) is 0. The molecule has 2 rings (SSSR count). The molecule has 2 aromatic carbocycles. The third-order valence-electron chi connectivity index (χ3n) is 3.20. The van der Waals surface area contributed by atoms with Crippen LogP contribution >= 0.6 is 11.6 Å². The topological polar surface area (TPSA) is 30.5 Å². The Bertz CT molecular complexity index is 596. The van der Waals surface area contributed by atoms with E-state index >= 15 is 0 Å². The van der Waals surface area contributed by atoms with Crippen molar-refractivity contribution in [3.8, 4) is 11.5 Å². The van der Waals surface area contributed by atoms with Crippen LogP contribution in [0, 0.1) is 6.92 Å². The molecule has 0 bridgehead atoms. The van der Waals surface area contributed by atoms with E-state index in [1.165, 1.54) is 5.56 Å². The summed E-state index contributed by atoms with van der Waals surface area (Å²) in [7, 11) is 1.64. The highest BCUT2D eigenvalue weighted by molar-refractivity contribution is 6.31. The lowest BCUT2D eigenvalue weighted by molar-refractivity contribution is 0.340. The van der Waals surface area contributed by atoms with Gasteiger partial charge in [-0.1, -0.05) is 23.7 Å². The summed E-state index contributed by atoms with van der Waals surface area (Å²) < 4.78 is 10.8. The zero-order valence-electron chi connectivity index (χ0n) is 12.6. The average molecular weight is 306 g/mol. The van der Waals surface area contributed by atoms with E-state index in [2.05, 4.69) is 5.32 Å². The fourth-order valence-corrected chi connectivity index (χ4v) is 2.19. The minimum absolute atomic E-state index is 0.679. The summed E-state index contributed by atoms with van der Waals surface area (Å²) >= 11 is 6.11. The molecule has 0 heterocycles. The first-order valence-corrected chi connectivity index (χ1v) is 7.31.